The van der Waals surface area contributed by atoms with Gasteiger partial charge in [-0.1, -0.05) is 84.6 Å². The van der Waals surface area contributed by atoms with Crippen molar-refractivity contribution in [2.45, 2.75) is 28.7 Å². The highest BCUT2D eigenvalue weighted by molar-refractivity contribution is 8.01. The molecule has 270 valence electrons. The number of urea groups is 1. The van der Waals surface area contributed by atoms with Crippen molar-refractivity contribution in [1.82, 2.24) is 40.6 Å². The van der Waals surface area contributed by atoms with E-state index in [4.69, 9.17) is 10.5 Å². The number of thioether (sulfide) groups is 2. The van der Waals surface area contributed by atoms with Crippen LogP contribution >= 0.6 is 23.5 Å². The lowest BCUT2D eigenvalue weighted by atomic mass is 10.00. The van der Waals surface area contributed by atoms with Gasteiger partial charge < -0.3 is 40.6 Å². The molecule has 53 heavy (non-hydrogen) atoms. The molecule has 4 N–H and O–H groups in total. The zero-order chi connectivity index (χ0) is 37.1. The van der Waals surface area contributed by atoms with Crippen LogP contribution in [0.15, 0.2) is 106 Å². The Balaban J connectivity index is 1.15. The maximum atomic E-state index is 14.3. The number of amides is 5. The maximum absolute atomic E-state index is 14.3. The Morgan fingerprint density at radius 1 is 1.00 bits per heavy atom. The van der Waals surface area contributed by atoms with Crippen molar-refractivity contribution in [2.75, 3.05) is 23.8 Å². The molecule has 3 aromatic carbocycles. The number of esters is 1. The Bertz CT molecular complexity index is 2070. The molecule has 18 heteroatoms. The lowest BCUT2D eigenvalue weighted by Crippen LogP contribution is -2.71. The van der Waals surface area contributed by atoms with Gasteiger partial charge in [0, 0.05) is 37.1 Å². The smallest absolute Gasteiger partial charge is 0.356 e. The van der Waals surface area contributed by atoms with E-state index >= 15 is 0 Å². The molecule has 1 saturated heterocycles. The second kappa shape index (κ2) is 15.3. The minimum absolute atomic E-state index is 0.0839. The van der Waals surface area contributed by atoms with Crippen LogP contribution in [0.25, 0.3) is 0 Å². The fourth-order valence-electron chi connectivity index (χ4n) is 5.89. The van der Waals surface area contributed by atoms with Crippen molar-refractivity contribution in [3.63, 3.8) is 0 Å². The first-order valence-electron chi connectivity index (χ1n) is 16.2. The number of nitrogens with two attached hydrogens (primary N) is 1. The number of carbonyl (C=O) groups is 5. The summed E-state index contributed by atoms with van der Waals surface area (Å²) in [5.74, 6) is -1.87. The van der Waals surface area contributed by atoms with Gasteiger partial charge in [-0.2, -0.15) is 0 Å². The number of hydrogen-bond donors (Lipinski definition) is 3. The van der Waals surface area contributed by atoms with E-state index in [9.17, 15) is 24.0 Å². The van der Waals surface area contributed by atoms with Crippen LogP contribution in [-0.4, -0.2) is 95.5 Å². The molecule has 3 aliphatic heterocycles. The molecule has 0 saturated carbocycles. The lowest BCUT2D eigenvalue weighted by Gasteiger charge is -2.50. The minimum atomic E-state index is -1.28. The SMILES string of the molecule is Cn1nnnc1SCC1=C(C(=O)OC(c2ccccc2)c2ccccc2)N2C(=O)[C@@H](NC(=O)[C@H](NC(=O)N3[C-]=NC(=O)C3)c3ccc(N)cc3)[C@H]2SC1. The van der Waals surface area contributed by atoms with Gasteiger partial charge in [0.15, 0.2) is 12.0 Å². The Labute approximate surface area is 311 Å². The topological polar surface area (TPSA) is 207 Å². The van der Waals surface area contributed by atoms with Gasteiger partial charge in [0.1, 0.15) is 23.2 Å². The van der Waals surface area contributed by atoms with E-state index in [0.29, 0.717) is 27.7 Å². The predicted molar refractivity (Wildman–Crippen MR) is 194 cm³/mol. The van der Waals surface area contributed by atoms with Gasteiger partial charge in [-0.3, -0.25) is 14.5 Å². The summed E-state index contributed by atoms with van der Waals surface area (Å²) in [5.41, 5.74) is 8.88. The second-order valence-corrected chi connectivity index (χ2v) is 14.1. The average Bonchev–Trinajstić information content (AvgIpc) is 3.81. The highest BCUT2D eigenvalue weighted by atomic mass is 32.2. The quantitative estimate of drug-likeness (QED) is 0.0662. The van der Waals surface area contributed by atoms with Crippen molar-refractivity contribution in [2.24, 2.45) is 12.0 Å². The van der Waals surface area contributed by atoms with Gasteiger partial charge in [0.05, 0.1) is 0 Å². The molecule has 3 aliphatic rings. The normalized spacial score (nSPS) is 18.5. The van der Waals surface area contributed by atoms with E-state index in [0.717, 1.165) is 16.0 Å². The number of aryl methyl sites for hydroxylation is 1. The number of benzene rings is 3. The molecule has 16 nitrogen and oxygen atoms in total. The summed E-state index contributed by atoms with van der Waals surface area (Å²) in [7, 11) is 1.70. The molecule has 0 radical (unpaired) electrons. The number of aromatic nitrogens is 4. The van der Waals surface area contributed by atoms with E-state index in [2.05, 4.69) is 37.5 Å². The molecule has 0 spiro atoms. The van der Waals surface area contributed by atoms with Crippen molar-refractivity contribution in [3.05, 3.63) is 113 Å². The fourth-order valence-corrected chi connectivity index (χ4v) is 8.23. The van der Waals surface area contributed by atoms with E-state index in [1.54, 1.807) is 31.3 Å². The summed E-state index contributed by atoms with van der Waals surface area (Å²) in [6, 6.07) is 21.8. The van der Waals surface area contributed by atoms with Crippen LogP contribution in [0.2, 0.25) is 0 Å². The number of anilines is 1. The van der Waals surface area contributed by atoms with Gasteiger partial charge >= 0.3 is 5.97 Å². The zero-order valence-electron chi connectivity index (χ0n) is 28.0. The molecule has 5 amide bonds. The zero-order valence-corrected chi connectivity index (χ0v) is 29.6. The van der Waals surface area contributed by atoms with Crippen molar-refractivity contribution < 1.29 is 28.7 Å². The summed E-state index contributed by atoms with van der Waals surface area (Å²) in [6.45, 7) is -0.328. The van der Waals surface area contributed by atoms with Crippen LogP contribution in [0, 0.1) is 0 Å². The minimum Gasteiger partial charge on any atom is -0.448 e. The Morgan fingerprint density at radius 2 is 1.68 bits per heavy atom. The summed E-state index contributed by atoms with van der Waals surface area (Å²) < 4.78 is 7.74. The average molecular weight is 752 g/mol. The van der Waals surface area contributed by atoms with E-state index in [-0.39, 0.29) is 18.0 Å². The van der Waals surface area contributed by atoms with Gasteiger partial charge in [-0.15, -0.1) is 16.9 Å². The number of aliphatic imine (C=N–C) groups is 1. The molecule has 4 aromatic rings. The third-order valence-electron chi connectivity index (χ3n) is 8.56. The number of nitrogens with one attached hydrogen (secondary N) is 2. The summed E-state index contributed by atoms with van der Waals surface area (Å²) in [5, 5.41) is 16.8. The number of fused-ring (bicyclic) bond motifs is 1. The number of tetrazole rings is 1. The third-order valence-corrected chi connectivity index (χ3v) is 11.0. The molecule has 1 aromatic heterocycles. The third kappa shape index (κ3) is 7.49. The first kappa shape index (κ1) is 35.4. The van der Waals surface area contributed by atoms with Crippen LogP contribution < -0.4 is 16.4 Å². The fraction of sp³-hybridized carbons (Fsp3) is 0.229. The predicted octanol–water partition coefficient (Wildman–Crippen LogP) is 2.07. The van der Waals surface area contributed by atoms with E-state index in [1.165, 1.54) is 33.1 Å². The molecular formula is C35H31N10O6S2-. The number of ether oxygens (including phenoxy) is 1. The van der Waals surface area contributed by atoms with Crippen molar-refractivity contribution in [1.29, 1.82) is 0 Å². The van der Waals surface area contributed by atoms with Crippen LogP contribution in [0.3, 0.4) is 0 Å². The Kier molecular flexibility index (Phi) is 10.2. The molecule has 3 atom stereocenters. The first-order valence-corrected chi connectivity index (χ1v) is 18.3. The van der Waals surface area contributed by atoms with Crippen molar-refractivity contribution in [3.8, 4) is 0 Å². The Hall–Kier alpha value is -6.01. The molecule has 7 rings (SSSR count). The highest BCUT2D eigenvalue weighted by Gasteiger charge is 2.55. The van der Waals surface area contributed by atoms with Crippen LogP contribution in [0.4, 0.5) is 10.5 Å². The van der Waals surface area contributed by atoms with Crippen LogP contribution in [-0.2, 0) is 31.0 Å². The number of rotatable bonds is 11. The Morgan fingerprint density at radius 3 is 2.28 bits per heavy atom. The highest BCUT2D eigenvalue weighted by Crippen LogP contribution is 2.43. The monoisotopic (exact) mass is 751 g/mol. The summed E-state index contributed by atoms with van der Waals surface area (Å²) >= 11 is 2.68. The molecular weight excluding hydrogens is 721 g/mol. The van der Waals surface area contributed by atoms with Crippen LogP contribution in [0.1, 0.15) is 28.8 Å². The largest absolute Gasteiger partial charge is 0.448 e. The first-order chi connectivity index (χ1) is 25.7. The number of carbonyl (C=O) groups excluding carboxylic acids is 5. The second-order valence-electron chi connectivity index (χ2n) is 12.1. The molecule has 1 fully saturated rings. The molecule has 4 heterocycles. The van der Waals surface area contributed by atoms with Gasteiger partial charge in [0.25, 0.3) is 5.91 Å². The number of nitrogen functional groups attached to an aromatic ring is 1. The summed E-state index contributed by atoms with van der Waals surface area (Å²) in [4.78, 5) is 72.6. The lowest BCUT2D eigenvalue weighted by molar-refractivity contribution is -0.154. The molecule has 0 bridgehead atoms. The number of β-lactam (4-membered cyclic amide) rings is 1. The van der Waals surface area contributed by atoms with Gasteiger partial charge in [-0.25, -0.2) is 9.48 Å². The number of hydrogen-bond acceptors (Lipinski definition) is 12. The van der Waals surface area contributed by atoms with E-state index in [1.807, 2.05) is 60.7 Å². The van der Waals surface area contributed by atoms with Crippen LogP contribution in [0.5, 0.6) is 0 Å². The number of nitrogens with zero attached hydrogens (tertiary/aromatic N) is 7. The maximum Gasteiger partial charge on any atom is 0.356 e. The van der Waals surface area contributed by atoms with E-state index < -0.39 is 53.3 Å². The van der Waals surface area contributed by atoms with Crippen molar-refractivity contribution >= 4 is 65.3 Å². The molecule has 0 aliphatic carbocycles. The van der Waals surface area contributed by atoms with Gasteiger partial charge in [-0.05, 0) is 44.8 Å². The van der Waals surface area contributed by atoms with Gasteiger partial charge in [0.2, 0.25) is 17.1 Å². The molecule has 0 unspecified atom stereocenters. The standard InChI is InChI=1S/C35H31N10O6S2/c1-43-35(40-41-42-43)53-18-23-17-52-32-27(38-30(47)26(20-12-14-24(36)15-13-20)39-34(50)44-16-25(46)37-19-44)31(48)45(32)28(23)33(49)51-29(21-8-4-2-5-9-21)22-10-6-3-7-11-22/h2-15,26-27,29,32H,16-18,36H2,1H3,(H,38,47)(H,39,50)/q-1/t26-,27-,32-/m1/s1. The summed E-state index contributed by atoms with van der Waals surface area (Å²) in [6.07, 6.45) is 1.54.